The fourth-order valence-corrected chi connectivity index (χ4v) is 3.72. The van der Waals surface area contributed by atoms with Gasteiger partial charge in [0.15, 0.2) is 11.3 Å². The molecule has 2 aromatic carbocycles. The third-order valence-electron chi connectivity index (χ3n) is 4.76. The molecular formula is C21H16ClN5O. The maximum absolute atomic E-state index is 13.2. The van der Waals surface area contributed by atoms with Crippen molar-refractivity contribution in [2.75, 3.05) is 0 Å². The number of para-hydroxylation sites is 2. The molecule has 0 bridgehead atoms. The zero-order valence-electron chi connectivity index (χ0n) is 15.1. The summed E-state index contributed by atoms with van der Waals surface area (Å²) in [7, 11) is 0. The summed E-state index contributed by atoms with van der Waals surface area (Å²) in [5.74, 6) is 0. The summed E-state index contributed by atoms with van der Waals surface area (Å²) in [6, 6.07) is 15.0. The Morgan fingerprint density at radius 3 is 2.54 bits per heavy atom. The monoisotopic (exact) mass is 389 g/mol. The molecular weight excluding hydrogens is 374 g/mol. The van der Waals surface area contributed by atoms with Crippen LogP contribution in [0.5, 0.6) is 0 Å². The lowest BCUT2D eigenvalue weighted by atomic mass is 10.3. The summed E-state index contributed by atoms with van der Waals surface area (Å²) in [4.78, 5) is 27.4. The van der Waals surface area contributed by atoms with E-state index >= 15 is 0 Å². The highest BCUT2D eigenvalue weighted by molar-refractivity contribution is 6.30. The molecule has 0 fully saturated rings. The van der Waals surface area contributed by atoms with Crippen LogP contribution in [0, 0.1) is 0 Å². The molecule has 0 unspecified atom stereocenters. The van der Waals surface area contributed by atoms with Crippen molar-refractivity contribution in [3.05, 3.63) is 70.2 Å². The van der Waals surface area contributed by atoms with Crippen molar-refractivity contribution < 1.29 is 0 Å². The lowest BCUT2D eigenvalue weighted by molar-refractivity contribution is 0.647. The fourth-order valence-electron chi connectivity index (χ4n) is 3.53. The van der Waals surface area contributed by atoms with Gasteiger partial charge in [-0.15, -0.1) is 0 Å². The average Bonchev–Trinajstić information content (AvgIpc) is 3.02. The van der Waals surface area contributed by atoms with Gasteiger partial charge in [0.2, 0.25) is 0 Å². The highest BCUT2D eigenvalue weighted by Gasteiger charge is 2.20. The molecule has 0 amide bonds. The molecule has 0 atom stereocenters. The molecule has 0 aliphatic heterocycles. The van der Waals surface area contributed by atoms with E-state index in [0.717, 1.165) is 23.1 Å². The molecule has 28 heavy (non-hydrogen) atoms. The maximum Gasteiger partial charge on any atom is 0.265 e. The second-order valence-electron chi connectivity index (χ2n) is 6.64. The van der Waals surface area contributed by atoms with E-state index in [2.05, 4.69) is 4.98 Å². The van der Waals surface area contributed by atoms with Crippen LogP contribution in [0.25, 0.3) is 38.9 Å². The summed E-state index contributed by atoms with van der Waals surface area (Å²) >= 11 is 6.22. The fraction of sp³-hybridized carbons (Fsp3) is 0.143. The SMILES string of the molecule is CCCn1cnc2c(c1=O)c1nc3ccccc3nc1n2-c1cccc(Cl)c1. The minimum atomic E-state index is -0.109. The Bertz CT molecular complexity index is 1420. The van der Waals surface area contributed by atoms with E-state index in [9.17, 15) is 4.79 Å². The lowest BCUT2D eigenvalue weighted by Crippen LogP contribution is -2.20. The largest absolute Gasteiger partial charge is 0.299 e. The Morgan fingerprint density at radius 2 is 1.79 bits per heavy atom. The van der Waals surface area contributed by atoms with Gasteiger partial charge in [-0.3, -0.25) is 13.9 Å². The van der Waals surface area contributed by atoms with Crippen LogP contribution in [-0.2, 0) is 6.54 Å². The molecule has 3 heterocycles. The number of aryl methyl sites for hydroxylation is 1. The third kappa shape index (κ3) is 2.49. The molecule has 0 saturated carbocycles. The molecule has 5 rings (SSSR count). The van der Waals surface area contributed by atoms with Crippen molar-refractivity contribution in [2.24, 2.45) is 0 Å². The highest BCUT2D eigenvalue weighted by Crippen LogP contribution is 2.29. The second-order valence-corrected chi connectivity index (χ2v) is 7.08. The van der Waals surface area contributed by atoms with Crippen LogP contribution < -0.4 is 5.56 Å². The number of fused-ring (bicyclic) bond motifs is 4. The van der Waals surface area contributed by atoms with Gasteiger partial charge in [0.25, 0.3) is 5.56 Å². The summed E-state index contributed by atoms with van der Waals surface area (Å²) in [6.45, 7) is 2.63. The first-order chi connectivity index (χ1) is 13.7. The molecule has 0 saturated heterocycles. The van der Waals surface area contributed by atoms with Crippen molar-refractivity contribution in [1.29, 1.82) is 0 Å². The molecule has 3 aromatic heterocycles. The number of halogens is 1. The standard InChI is InChI=1S/C21H16ClN5O/c1-2-10-26-12-23-19-17(21(26)28)18-20(25-16-9-4-3-8-15(16)24-18)27(19)14-7-5-6-13(22)11-14/h3-9,11-12H,2,10H2,1H3. The Balaban J connectivity index is 2.00. The summed E-state index contributed by atoms with van der Waals surface area (Å²) in [5.41, 5.74) is 3.86. The van der Waals surface area contributed by atoms with Gasteiger partial charge >= 0.3 is 0 Å². The van der Waals surface area contributed by atoms with Gasteiger partial charge in [-0.1, -0.05) is 36.7 Å². The van der Waals surface area contributed by atoms with E-state index in [1.54, 1.807) is 10.9 Å². The number of rotatable bonds is 3. The minimum absolute atomic E-state index is 0.109. The predicted molar refractivity (Wildman–Crippen MR) is 111 cm³/mol. The topological polar surface area (TPSA) is 65.6 Å². The average molecular weight is 390 g/mol. The van der Waals surface area contributed by atoms with Crippen molar-refractivity contribution in [3.63, 3.8) is 0 Å². The molecule has 138 valence electrons. The molecule has 0 radical (unpaired) electrons. The van der Waals surface area contributed by atoms with Gasteiger partial charge in [0, 0.05) is 11.6 Å². The van der Waals surface area contributed by atoms with E-state index in [1.807, 2.05) is 60.0 Å². The normalized spacial score (nSPS) is 11.6. The Morgan fingerprint density at radius 1 is 1.00 bits per heavy atom. The van der Waals surface area contributed by atoms with Crippen LogP contribution in [-0.4, -0.2) is 24.1 Å². The summed E-state index contributed by atoms with van der Waals surface area (Å²) < 4.78 is 3.48. The van der Waals surface area contributed by atoms with Crippen LogP contribution >= 0.6 is 11.6 Å². The van der Waals surface area contributed by atoms with E-state index < -0.39 is 0 Å². The molecule has 0 spiro atoms. The number of nitrogens with zero attached hydrogens (tertiary/aromatic N) is 5. The van der Waals surface area contributed by atoms with Gasteiger partial charge in [0.1, 0.15) is 10.9 Å². The zero-order chi connectivity index (χ0) is 19.3. The van der Waals surface area contributed by atoms with Crippen LogP contribution in [0.15, 0.2) is 59.7 Å². The first-order valence-electron chi connectivity index (χ1n) is 9.09. The van der Waals surface area contributed by atoms with Crippen LogP contribution in [0.1, 0.15) is 13.3 Å². The van der Waals surface area contributed by atoms with Crippen LogP contribution in [0.3, 0.4) is 0 Å². The lowest BCUT2D eigenvalue weighted by Gasteiger charge is -2.07. The molecule has 0 aliphatic rings. The van der Waals surface area contributed by atoms with Crippen LogP contribution in [0.2, 0.25) is 5.02 Å². The smallest absolute Gasteiger partial charge is 0.265 e. The molecule has 0 aliphatic carbocycles. The Labute approximate surface area is 165 Å². The molecule has 0 N–H and O–H groups in total. The third-order valence-corrected chi connectivity index (χ3v) is 5.00. The van der Waals surface area contributed by atoms with Gasteiger partial charge in [-0.25, -0.2) is 15.0 Å². The number of hydrogen-bond acceptors (Lipinski definition) is 4. The van der Waals surface area contributed by atoms with E-state index in [0.29, 0.717) is 33.8 Å². The number of hydrogen-bond donors (Lipinski definition) is 0. The number of aromatic nitrogens is 5. The van der Waals surface area contributed by atoms with E-state index in [1.165, 1.54) is 0 Å². The summed E-state index contributed by atoms with van der Waals surface area (Å²) in [6.07, 6.45) is 2.43. The molecule has 6 nitrogen and oxygen atoms in total. The first kappa shape index (κ1) is 16.9. The maximum atomic E-state index is 13.2. The zero-order valence-corrected chi connectivity index (χ0v) is 15.9. The van der Waals surface area contributed by atoms with Gasteiger partial charge in [-0.2, -0.15) is 0 Å². The molecule has 7 heteroatoms. The Hall–Kier alpha value is -3.25. The molecule has 5 aromatic rings. The van der Waals surface area contributed by atoms with Crippen molar-refractivity contribution in [1.82, 2.24) is 24.1 Å². The minimum Gasteiger partial charge on any atom is -0.299 e. The number of benzene rings is 2. The van der Waals surface area contributed by atoms with E-state index in [-0.39, 0.29) is 5.56 Å². The van der Waals surface area contributed by atoms with Crippen molar-refractivity contribution in [2.45, 2.75) is 19.9 Å². The van der Waals surface area contributed by atoms with Gasteiger partial charge in [0.05, 0.1) is 23.0 Å². The van der Waals surface area contributed by atoms with Crippen LogP contribution in [0.4, 0.5) is 0 Å². The van der Waals surface area contributed by atoms with Crippen molar-refractivity contribution in [3.8, 4) is 5.69 Å². The summed E-state index contributed by atoms with van der Waals surface area (Å²) in [5, 5.41) is 1.07. The van der Waals surface area contributed by atoms with Gasteiger partial charge in [-0.05, 0) is 36.8 Å². The highest BCUT2D eigenvalue weighted by atomic mass is 35.5. The quantitative estimate of drug-likeness (QED) is 0.460. The van der Waals surface area contributed by atoms with Crippen molar-refractivity contribution >= 4 is 44.8 Å². The second kappa shape index (κ2) is 6.42. The Kier molecular flexibility index (Phi) is 3.87. The van der Waals surface area contributed by atoms with E-state index in [4.69, 9.17) is 21.6 Å². The first-order valence-corrected chi connectivity index (χ1v) is 9.47. The predicted octanol–water partition coefficient (Wildman–Crippen LogP) is 4.35. The van der Waals surface area contributed by atoms with Gasteiger partial charge < -0.3 is 0 Å².